The van der Waals surface area contributed by atoms with Crippen molar-refractivity contribution in [1.29, 1.82) is 0 Å². The second-order valence-electron chi connectivity index (χ2n) is 7.17. The summed E-state index contributed by atoms with van der Waals surface area (Å²) in [6.07, 6.45) is 3.96. The number of hydrogen-bond acceptors (Lipinski definition) is 5. The van der Waals surface area contributed by atoms with E-state index in [2.05, 4.69) is 22.2 Å². The van der Waals surface area contributed by atoms with Gasteiger partial charge in [-0.25, -0.2) is 8.42 Å². The fourth-order valence-corrected chi connectivity index (χ4v) is 5.74. The highest BCUT2D eigenvalue weighted by molar-refractivity contribution is 7.92. The molecule has 1 amide bonds. The lowest BCUT2D eigenvalue weighted by molar-refractivity contribution is -0.118. The third kappa shape index (κ3) is 6.29. The van der Waals surface area contributed by atoms with E-state index in [-0.39, 0.29) is 23.8 Å². The normalized spacial score (nSPS) is 18.9. The van der Waals surface area contributed by atoms with Crippen LogP contribution in [-0.4, -0.2) is 38.9 Å². The van der Waals surface area contributed by atoms with E-state index < -0.39 is 16.1 Å². The second-order valence-corrected chi connectivity index (χ2v) is 10.5. The zero-order valence-corrected chi connectivity index (χ0v) is 19.8. The molecule has 2 aliphatic rings. The predicted octanol–water partition coefficient (Wildman–Crippen LogP) is 2.73. The highest BCUT2D eigenvalue weighted by Gasteiger charge is 2.35. The van der Waals surface area contributed by atoms with Crippen LogP contribution in [0.3, 0.4) is 0 Å². The summed E-state index contributed by atoms with van der Waals surface area (Å²) in [5.74, 6) is -0.215. The minimum absolute atomic E-state index is 0. The van der Waals surface area contributed by atoms with Crippen molar-refractivity contribution in [1.82, 2.24) is 10.0 Å². The van der Waals surface area contributed by atoms with Gasteiger partial charge in [0.25, 0.3) is 0 Å². The quantitative estimate of drug-likeness (QED) is 0.650. The smallest absolute Gasteiger partial charge is 0.245 e. The lowest BCUT2D eigenvalue weighted by Crippen LogP contribution is -2.40. The molecule has 1 aromatic carbocycles. The van der Waals surface area contributed by atoms with Gasteiger partial charge in [0.1, 0.15) is 6.04 Å². The van der Waals surface area contributed by atoms with E-state index in [9.17, 15) is 13.2 Å². The number of rotatable bonds is 5. The number of carbonyl (C=O) groups excluding carboxylic acids is 1. The van der Waals surface area contributed by atoms with E-state index in [1.165, 1.54) is 28.5 Å². The molecule has 0 spiro atoms. The van der Waals surface area contributed by atoms with E-state index >= 15 is 0 Å². The van der Waals surface area contributed by atoms with E-state index in [0.717, 1.165) is 41.9 Å². The highest BCUT2D eigenvalue weighted by Crippen LogP contribution is 2.27. The van der Waals surface area contributed by atoms with Crippen LogP contribution >= 0.6 is 35.3 Å². The Kier molecular flexibility index (Phi) is 9.08. The second kappa shape index (κ2) is 10.9. The largest absolute Gasteiger partial charge is 0.412 e. The number of aryl methyl sites for hydroxylation is 1. The molecule has 170 valence electrons. The Bertz CT molecular complexity index is 1060. The van der Waals surface area contributed by atoms with Crippen molar-refractivity contribution in [2.45, 2.75) is 31.8 Å². The number of halogens is 2. The van der Waals surface area contributed by atoms with Gasteiger partial charge >= 0.3 is 0 Å². The molecule has 1 saturated heterocycles. The molecule has 1 fully saturated rings. The zero-order chi connectivity index (χ0) is 20.4. The molecule has 2 aliphatic heterocycles. The molecule has 0 aliphatic carbocycles. The number of nitrogens with zero attached hydrogens (tertiary/aromatic N) is 1. The van der Waals surface area contributed by atoms with Gasteiger partial charge in [-0.2, -0.15) is 4.72 Å². The molecule has 1 atom stereocenters. The van der Waals surface area contributed by atoms with Crippen LogP contribution in [0.1, 0.15) is 28.8 Å². The Morgan fingerprint density at radius 1 is 1.23 bits per heavy atom. The van der Waals surface area contributed by atoms with Crippen LogP contribution in [0.25, 0.3) is 6.08 Å². The fourth-order valence-electron chi connectivity index (χ4n) is 3.67. The van der Waals surface area contributed by atoms with E-state index in [1.54, 1.807) is 17.0 Å². The summed E-state index contributed by atoms with van der Waals surface area (Å²) in [7, 11) is -3.73. The molecule has 0 unspecified atom stereocenters. The van der Waals surface area contributed by atoms with Gasteiger partial charge in [-0.15, -0.1) is 23.7 Å². The molecule has 2 aromatic rings. The Morgan fingerprint density at radius 3 is 2.77 bits per heavy atom. The minimum Gasteiger partial charge on any atom is -0.412 e. The third-order valence-electron chi connectivity index (χ3n) is 5.13. The van der Waals surface area contributed by atoms with Crippen LogP contribution < -0.4 is 14.9 Å². The fraction of sp³-hybridized carbons (Fsp3) is 0.350. The maximum absolute atomic E-state index is 12.8. The van der Waals surface area contributed by atoms with Gasteiger partial charge in [0.2, 0.25) is 15.9 Å². The number of thiophene rings is 1. The van der Waals surface area contributed by atoms with Crippen molar-refractivity contribution in [3.05, 3.63) is 56.1 Å². The van der Waals surface area contributed by atoms with Crippen molar-refractivity contribution in [3.8, 4) is 0 Å². The number of anilines is 1. The molecular formula is C20H25Cl2N3O4S2. The van der Waals surface area contributed by atoms with Crippen LogP contribution in [0, 0.1) is 0 Å². The van der Waals surface area contributed by atoms with Gasteiger partial charge < -0.3 is 15.7 Å². The molecule has 1 aromatic heterocycles. The summed E-state index contributed by atoms with van der Waals surface area (Å²) in [5.41, 5.74) is 3.34. The van der Waals surface area contributed by atoms with Crippen LogP contribution in [0.2, 0.25) is 4.34 Å². The molecule has 3 heterocycles. The van der Waals surface area contributed by atoms with Crippen LogP contribution in [-0.2, 0) is 27.8 Å². The molecule has 4 rings (SSSR count). The minimum atomic E-state index is -3.73. The number of nitrogens with one attached hydrogen (secondary N) is 2. The lowest BCUT2D eigenvalue weighted by Gasteiger charge is -2.19. The Balaban J connectivity index is 0.00000171. The average Bonchev–Trinajstić information content (AvgIpc) is 3.17. The molecule has 7 nitrogen and oxygen atoms in total. The van der Waals surface area contributed by atoms with Crippen LogP contribution in [0.4, 0.5) is 5.69 Å². The third-order valence-corrected chi connectivity index (χ3v) is 7.44. The summed E-state index contributed by atoms with van der Waals surface area (Å²) in [5, 5.41) is 4.47. The summed E-state index contributed by atoms with van der Waals surface area (Å²) < 4.78 is 27.9. The summed E-state index contributed by atoms with van der Waals surface area (Å²) in [4.78, 5) is 15.3. The summed E-state index contributed by atoms with van der Waals surface area (Å²) in [6, 6.07) is 8.77. The average molecular weight is 506 g/mol. The van der Waals surface area contributed by atoms with Gasteiger partial charge in [0.05, 0.1) is 4.34 Å². The van der Waals surface area contributed by atoms with Gasteiger partial charge in [-0.05, 0) is 67.3 Å². The predicted molar refractivity (Wildman–Crippen MR) is 129 cm³/mol. The molecule has 0 bridgehead atoms. The van der Waals surface area contributed by atoms with Gasteiger partial charge in [-0.1, -0.05) is 17.7 Å². The first-order valence-corrected chi connectivity index (χ1v) is 12.2. The van der Waals surface area contributed by atoms with Gasteiger partial charge in [0.15, 0.2) is 0 Å². The number of hydrogen-bond donors (Lipinski definition) is 2. The van der Waals surface area contributed by atoms with Crippen molar-refractivity contribution in [3.63, 3.8) is 0 Å². The lowest BCUT2D eigenvalue weighted by atomic mass is 10.0. The van der Waals surface area contributed by atoms with Gasteiger partial charge in [0, 0.05) is 29.1 Å². The summed E-state index contributed by atoms with van der Waals surface area (Å²) in [6.45, 7) is 2.32. The number of carbonyl (C=O) groups is 1. The number of benzene rings is 1. The van der Waals surface area contributed by atoms with Crippen molar-refractivity contribution < 1.29 is 18.7 Å². The summed E-state index contributed by atoms with van der Waals surface area (Å²) >= 11 is 7.15. The molecule has 0 radical (unpaired) electrons. The van der Waals surface area contributed by atoms with Crippen molar-refractivity contribution in [2.75, 3.05) is 18.0 Å². The van der Waals surface area contributed by atoms with E-state index in [4.69, 9.17) is 11.6 Å². The first-order chi connectivity index (χ1) is 13.9. The number of amides is 1. The Labute approximate surface area is 197 Å². The highest BCUT2D eigenvalue weighted by atomic mass is 35.5. The molecular weight excluding hydrogens is 481 g/mol. The molecule has 11 heteroatoms. The van der Waals surface area contributed by atoms with Crippen molar-refractivity contribution in [2.24, 2.45) is 0 Å². The van der Waals surface area contributed by atoms with Gasteiger partial charge in [-0.3, -0.25) is 4.79 Å². The number of fused-ring (bicyclic) bond motifs is 1. The molecule has 4 N–H and O–H groups in total. The molecule has 31 heavy (non-hydrogen) atoms. The maximum atomic E-state index is 12.8. The maximum Gasteiger partial charge on any atom is 0.245 e. The standard InChI is InChI=1S/C20H22ClN3O3S2.ClH.H2O/c21-19-6-5-17(28-19)8-11-29(26,27)23-18-7-10-24(20(18)25)16-4-3-15-13-22-9-1-2-14(15)12-16;;/h3-6,8,11-12,18,22-23H,1-2,7,9-10,13H2;1H;1H2/b11-8+;;/t18-;;/m0../s1. The number of sulfonamides is 1. The van der Waals surface area contributed by atoms with Crippen LogP contribution in [0.15, 0.2) is 35.7 Å². The van der Waals surface area contributed by atoms with Crippen molar-refractivity contribution >= 4 is 63.0 Å². The first-order valence-electron chi connectivity index (χ1n) is 9.51. The van der Waals surface area contributed by atoms with E-state index in [0.29, 0.717) is 17.3 Å². The first kappa shape index (κ1) is 25.8. The van der Waals surface area contributed by atoms with E-state index in [1.807, 2.05) is 6.07 Å². The Morgan fingerprint density at radius 2 is 2.03 bits per heavy atom. The van der Waals surface area contributed by atoms with Crippen LogP contribution in [0.5, 0.6) is 0 Å². The SMILES string of the molecule is Cl.O.O=C1[C@@H](NS(=O)(=O)/C=C/c2ccc(Cl)s2)CCN1c1ccc2c(c1)CCCNC2. The topological polar surface area (TPSA) is 110 Å². The Hall–Kier alpha value is -1.46. The monoisotopic (exact) mass is 505 g/mol. The molecule has 0 saturated carbocycles. The zero-order valence-electron chi connectivity index (χ0n) is 16.6.